The molecule has 13 heavy (non-hydrogen) atoms. The summed E-state index contributed by atoms with van der Waals surface area (Å²) in [5, 5.41) is 7.53. The van der Waals surface area contributed by atoms with Gasteiger partial charge < -0.3 is 0 Å². The molecule has 0 amide bonds. The van der Waals surface area contributed by atoms with Gasteiger partial charge in [0.2, 0.25) is 0 Å². The lowest BCUT2D eigenvalue weighted by Gasteiger charge is -1.91. The molecule has 2 aromatic rings. The summed E-state index contributed by atoms with van der Waals surface area (Å²) in [4.78, 5) is 6.64. The van der Waals surface area contributed by atoms with Gasteiger partial charge in [-0.25, -0.2) is 4.52 Å². The van der Waals surface area contributed by atoms with Crippen LogP contribution in [0.15, 0.2) is 29.9 Å². The van der Waals surface area contributed by atoms with Gasteiger partial charge in [-0.05, 0) is 5.53 Å². The molecule has 6 heteroatoms. The first-order valence-electron chi connectivity index (χ1n) is 3.69. The van der Waals surface area contributed by atoms with Crippen LogP contribution in [0.3, 0.4) is 0 Å². The van der Waals surface area contributed by atoms with E-state index in [0.29, 0.717) is 6.54 Å². The van der Waals surface area contributed by atoms with Crippen molar-refractivity contribution in [1.82, 2.24) is 14.6 Å². The molecule has 0 spiro atoms. The summed E-state index contributed by atoms with van der Waals surface area (Å²) < 4.78 is 1.69. The molecule has 0 aromatic carbocycles. The van der Waals surface area contributed by atoms with Crippen molar-refractivity contribution in [2.45, 2.75) is 6.54 Å². The lowest BCUT2D eigenvalue weighted by molar-refractivity contribution is 0.946. The van der Waals surface area contributed by atoms with Crippen LogP contribution in [0.2, 0.25) is 0 Å². The summed E-state index contributed by atoms with van der Waals surface area (Å²) in [6.07, 6.45) is 6.76. The Hall–Kier alpha value is -2.07. The van der Waals surface area contributed by atoms with Crippen molar-refractivity contribution in [3.8, 4) is 0 Å². The van der Waals surface area contributed by atoms with Crippen LogP contribution in [-0.2, 0) is 6.54 Å². The van der Waals surface area contributed by atoms with Crippen LogP contribution < -0.4 is 0 Å². The molecule has 0 saturated heterocycles. The smallest absolute Gasteiger partial charge is 0.0878 e. The van der Waals surface area contributed by atoms with Gasteiger partial charge in [-0.3, -0.25) is 4.98 Å². The van der Waals surface area contributed by atoms with Gasteiger partial charge in [0.1, 0.15) is 0 Å². The van der Waals surface area contributed by atoms with Gasteiger partial charge in [0.25, 0.3) is 0 Å². The summed E-state index contributed by atoms with van der Waals surface area (Å²) in [6, 6.07) is 0. The molecule has 0 aliphatic rings. The Labute approximate surface area is 73.5 Å². The lowest BCUT2D eigenvalue weighted by atomic mass is 10.3. The van der Waals surface area contributed by atoms with Crippen molar-refractivity contribution >= 4 is 5.52 Å². The van der Waals surface area contributed by atoms with Crippen molar-refractivity contribution in [3.05, 3.63) is 40.8 Å². The maximum atomic E-state index is 8.15. The highest BCUT2D eigenvalue weighted by atomic mass is 15.2. The summed E-state index contributed by atoms with van der Waals surface area (Å²) in [5.41, 5.74) is 9.90. The quantitative estimate of drug-likeness (QED) is 0.393. The lowest BCUT2D eigenvalue weighted by Crippen LogP contribution is -1.86. The third kappa shape index (κ3) is 1.30. The van der Waals surface area contributed by atoms with Crippen LogP contribution >= 0.6 is 0 Å². The maximum absolute atomic E-state index is 8.15. The molecular weight excluding hydrogens is 168 g/mol. The zero-order chi connectivity index (χ0) is 9.10. The van der Waals surface area contributed by atoms with E-state index in [2.05, 4.69) is 20.1 Å². The Morgan fingerprint density at radius 3 is 3.31 bits per heavy atom. The molecule has 0 fully saturated rings. The second-order valence-electron chi connectivity index (χ2n) is 2.46. The summed E-state index contributed by atoms with van der Waals surface area (Å²) >= 11 is 0. The Morgan fingerprint density at radius 1 is 1.54 bits per heavy atom. The van der Waals surface area contributed by atoms with Gasteiger partial charge in [-0.1, -0.05) is 5.11 Å². The Kier molecular flexibility index (Phi) is 1.82. The van der Waals surface area contributed by atoms with Crippen LogP contribution in [0.1, 0.15) is 5.56 Å². The topological polar surface area (TPSA) is 79.0 Å². The first kappa shape index (κ1) is 7.57. The van der Waals surface area contributed by atoms with Crippen molar-refractivity contribution in [2.75, 3.05) is 0 Å². The summed E-state index contributed by atoms with van der Waals surface area (Å²) in [5.74, 6) is 0. The number of rotatable bonds is 2. The van der Waals surface area contributed by atoms with Gasteiger partial charge >= 0.3 is 0 Å². The molecule has 0 bridgehead atoms. The average Bonchev–Trinajstić information content (AvgIpc) is 2.58. The van der Waals surface area contributed by atoms with Crippen molar-refractivity contribution in [2.24, 2.45) is 5.11 Å². The fourth-order valence-corrected chi connectivity index (χ4v) is 1.11. The standard InChI is InChI=1S/C7H6N6/c8-12-10-3-6-4-11-13-2-1-9-5-7(6)13/h1-2,4-5H,3H2. The molecule has 2 heterocycles. The zero-order valence-electron chi connectivity index (χ0n) is 6.70. The van der Waals surface area contributed by atoms with E-state index in [1.807, 2.05) is 0 Å². The van der Waals surface area contributed by atoms with E-state index in [1.54, 1.807) is 29.3 Å². The Morgan fingerprint density at radius 2 is 2.46 bits per heavy atom. The van der Waals surface area contributed by atoms with Crippen LogP contribution in [0.4, 0.5) is 0 Å². The fraction of sp³-hybridized carbons (Fsp3) is 0.143. The minimum Gasteiger partial charge on any atom is -0.261 e. The minimum atomic E-state index is 0.311. The third-order valence-electron chi connectivity index (χ3n) is 1.71. The molecule has 0 saturated carbocycles. The average molecular weight is 174 g/mol. The Balaban J connectivity index is 2.51. The molecule has 0 aliphatic carbocycles. The second kappa shape index (κ2) is 3.12. The van der Waals surface area contributed by atoms with Crippen LogP contribution in [0, 0.1) is 0 Å². The third-order valence-corrected chi connectivity index (χ3v) is 1.71. The van der Waals surface area contributed by atoms with E-state index in [9.17, 15) is 0 Å². The van der Waals surface area contributed by atoms with E-state index >= 15 is 0 Å². The van der Waals surface area contributed by atoms with Crippen molar-refractivity contribution in [3.63, 3.8) is 0 Å². The number of nitrogens with zero attached hydrogens (tertiary/aromatic N) is 6. The predicted octanol–water partition coefficient (Wildman–Crippen LogP) is 1.54. The first-order chi connectivity index (χ1) is 6.42. The molecule has 0 unspecified atom stereocenters. The minimum absolute atomic E-state index is 0.311. The highest BCUT2D eigenvalue weighted by Crippen LogP contribution is 2.09. The first-order valence-corrected chi connectivity index (χ1v) is 3.69. The molecule has 0 atom stereocenters. The van der Waals surface area contributed by atoms with E-state index in [1.165, 1.54) is 0 Å². The highest BCUT2D eigenvalue weighted by molar-refractivity contribution is 5.51. The van der Waals surface area contributed by atoms with Gasteiger partial charge in [0, 0.05) is 22.9 Å². The number of hydrogen-bond acceptors (Lipinski definition) is 3. The molecular formula is C7H6N6. The van der Waals surface area contributed by atoms with Gasteiger partial charge in [0.15, 0.2) is 0 Å². The maximum Gasteiger partial charge on any atom is 0.0878 e. The predicted molar refractivity (Wildman–Crippen MR) is 45.8 cm³/mol. The van der Waals surface area contributed by atoms with Crippen molar-refractivity contribution in [1.29, 1.82) is 0 Å². The van der Waals surface area contributed by atoms with Gasteiger partial charge in [-0.15, -0.1) is 0 Å². The van der Waals surface area contributed by atoms with Crippen LogP contribution in [-0.4, -0.2) is 14.6 Å². The molecule has 64 valence electrons. The zero-order valence-corrected chi connectivity index (χ0v) is 6.70. The van der Waals surface area contributed by atoms with Crippen LogP contribution in [0.5, 0.6) is 0 Å². The van der Waals surface area contributed by atoms with Gasteiger partial charge in [-0.2, -0.15) is 5.10 Å². The largest absolute Gasteiger partial charge is 0.261 e. The monoisotopic (exact) mass is 174 g/mol. The normalized spacial score (nSPS) is 9.85. The van der Waals surface area contributed by atoms with E-state index < -0.39 is 0 Å². The molecule has 6 nitrogen and oxygen atoms in total. The number of hydrogen-bond donors (Lipinski definition) is 0. The summed E-state index contributed by atoms with van der Waals surface area (Å²) in [7, 11) is 0. The van der Waals surface area contributed by atoms with E-state index in [-0.39, 0.29) is 0 Å². The fourth-order valence-electron chi connectivity index (χ4n) is 1.11. The van der Waals surface area contributed by atoms with E-state index in [0.717, 1.165) is 11.1 Å². The van der Waals surface area contributed by atoms with E-state index in [4.69, 9.17) is 5.53 Å². The molecule has 0 aliphatic heterocycles. The molecule has 0 radical (unpaired) electrons. The molecule has 0 N–H and O–H groups in total. The van der Waals surface area contributed by atoms with Crippen LogP contribution in [0.25, 0.3) is 16.0 Å². The van der Waals surface area contributed by atoms with Gasteiger partial charge in [0.05, 0.1) is 24.5 Å². The number of fused-ring (bicyclic) bond motifs is 1. The Bertz CT molecular complexity index is 467. The van der Waals surface area contributed by atoms with Crippen molar-refractivity contribution < 1.29 is 0 Å². The number of azide groups is 1. The second-order valence-corrected chi connectivity index (χ2v) is 2.46. The molecule has 2 aromatic heterocycles. The SMILES string of the molecule is [N-]=[N+]=NCc1cnn2ccncc12. The highest BCUT2D eigenvalue weighted by Gasteiger charge is 2.00. The molecule has 2 rings (SSSR count). The number of aromatic nitrogens is 3. The summed E-state index contributed by atoms with van der Waals surface area (Å²) in [6.45, 7) is 0.311.